The van der Waals surface area contributed by atoms with Crippen molar-refractivity contribution in [1.29, 1.82) is 0 Å². The van der Waals surface area contributed by atoms with E-state index in [4.69, 9.17) is 0 Å². The number of ketones is 1. The van der Waals surface area contributed by atoms with Crippen LogP contribution in [0.4, 0.5) is 68.2 Å². The number of fused-ring (bicyclic) bond motifs is 9. The molecule has 0 atom stereocenters. The van der Waals surface area contributed by atoms with Crippen LogP contribution in [-0.2, 0) is 0 Å². The largest absolute Gasteiger partial charge is 0.310 e. The van der Waals surface area contributed by atoms with Gasteiger partial charge in [-0.3, -0.25) is 4.79 Å². The van der Waals surface area contributed by atoms with Crippen molar-refractivity contribution in [1.82, 2.24) is 9.13 Å². The van der Waals surface area contributed by atoms with Gasteiger partial charge in [0.1, 0.15) is 0 Å². The van der Waals surface area contributed by atoms with E-state index >= 15 is 0 Å². The quantitative estimate of drug-likeness (QED) is 0.0964. The van der Waals surface area contributed by atoms with Crippen LogP contribution in [0.5, 0.6) is 0 Å². The third-order valence-electron chi connectivity index (χ3n) is 22.6. The van der Waals surface area contributed by atoms with E-state index in [9.17, 15) is 4.79 Å². The predicted octanol–water partition coefficient (Wildman–Crippen LogP) is 28.8. The number of aryl methyl sites for hydroxylation is 8. The molecule has 112 heavy (non-hydrogen) atoms. The summed E-state index contributed by atoms with van der Waals surface area (Å²) < 4.78 is 4.80. The van der Waals surface area contributed by atoms with Gasteiger partial charge in [-0.15, -0.1) is 0 Å². The first-order valence-corrected chi connectivity index (χ1v) is 38.6. The van der Waals surface area contributed by atoms with Crippen molar-refractivity contribution in [2.24, 2.45) is 0 Å². The topological polar surface area (TPSA) is 39.9 Å². The fourth-order valence-electron chi connectivity index (χ4n) is 16.5. The van der Waals surface area contributed by atoms with Crippen LogP contribution in [0.1, 0.15) is 60.4 Å². The second kappa shape index (κ2) is 27.9. The summed E-state index contributed by atoms with van der Waals surface area (Å²) in [6, 6.07) is 129. The van der Waals surface area contributed by atoms with Crippen LogP contribution in [-0.4, -0.2) is 14.9 Å². The molecule has 0 radical (unpaired) electrons. The van der Waals surface area contributed by atoms with Crippen molar-refractivity contribution in [3.8, 4) is 44.8 Å². The van der Waals surface area contributed by atoms with Crippen molar-refractivity contribution in [3.05, 3.63) is 407 Å². The molecule has 2 heterocycles. The second-order valence-electron chi connectivity index (χ2n) is 30.4. The first kappa shape index (κ1) is 68.5. The van der Waals surface area contributed by atoms with Gasteiger partial charge in [0.25, 0.3) is 0 Å². The Morgan fingerprint density at radius 1 is 0.179 bits per heavy atom. The predicted molar refractivity (Wildman–Crippen MR) is 471 cm³/mol. The molecule has 18 aromatic rings. The maximum Gasteiger partial charge on any atom is 0.194 e. The average Bonchev–Trinajstić information content (AvgIpc) is 1.58. The second-order valence-corrected chi connectivity index (χ2v) is 30.4. The summed E-state index contributed by atoms with van der Waals surface area (Å²) in [6.45, 7) is 17.1. The number of hydrogen-bond donors (Lipinski definition) is 0. The molecule has 2 aromatic heterocycles. The fraction of sp³-hybridized carbons (Fsp3) is 0.0762. The minimum atomic E-state index is 0.0354. The summed E-state index contributed by atoms with van der Waals surface area (Å²) in [7, 11) is 0. The Morgan fingerprint density at radius 3 is 0.571 bits per heavy atom. The van der Waals surface area contributed by atoms with Crippen LogP contribution in [0.2, 0.25) is 0 Å². The molecule has 0 N–H and O–H groups in total. The minimum absolute atomic E-state index is 0.0354. The van der Waals surface area contributed by atoms with E-state index in [1.165, 1.54) is 44.5 Å². The van der Waals surface area contributed by atoms with Gasteiger partial charge in [0, 0.05) is 112 Å². The van der Waals surface area contributed by atoms with Crippen molar-refractivity contribution in [2.45, 2.75) is 55.4 Å². The van der Waals surface area contributed by atoms with Gasteiger partial charge < -0.3 is 28.7 Å². The summed E-state index contributed by atoms with van der Waals surface area (Å²) in [5.74, 6) is 0.0354. The summed E-state index contributed by atoms with van der Waals surface area (Å²) in [5, 5.41) is 4.54. The van der Waals surface area contributed by atoms with Crippen molar-refractivity contribution < 1.29 is 4.79 Å². The molecule has 538 valence electrons. The molecule has 19 rings (SSSR count). The van der Waals surface area contributed by atoms with Gasteiger partial charge >= 0.3 is 0 Å². The number of aromatic nitrogens is 2. The van der Waals surface area contributed by atoms with E-state index in [0.717, 1.165) is 157 Å². The zero-order valence-electron chi connectivity index (χ0n) is 64.1. The Hall–Kier alpha value is -14.0. The number of rotatable bonds is 16. The monoisotopic (exact) mass is 1440 g/mol. The van der Waals surface area contributed by atoms with Gasteiger partial charge in [-0.25, -0.2) is 0 Å². The molecule has 16 aromatic carbocycles. The molecule has 1 aliphatic rings. The first-order valence-electron chi connectivity index (χ1n) is 38.6. The lowest BCUT2D eigenvalue weighted by Gasteiger charge is -2.26. The Morgan fingerprint density at radius 2 is 0.366 bits per heavy atom. The molecule has 0 aliphatic heterocycles. The molecule has 0 amide bonds. The molecular weight excluding hydrogens is 1360 g/mol. The maximum absolute atomic E-state index is 15.0. The zero-order valence-corrected chi connectivity index (χ0v) is 64.1. The van der Waals surface area contributed by atoms with E-state index in [1.807, 2.05) is 0 Å². The van der Waals surface area contributed by atoms with Gasteiger partial charge in [0.2, 0.25) is 0 Å². The van der Waals surface area contributed by atoms with Crippen molar-refractivity contribution in [2.75, 3.05) is 19.6 Å². The molecule has 0 bridgehead atoms. The van der Waals surface area contributed by atoms with Crippen LogP contribution >= 0.6 is 0 Å². The van der Waals surface area contributed by atoms with Crippen LogP contribution < -0.4 is 19.6 Å². The molecule has 0 saturated carbocycles. The Balaban J connectivity index is 0.656. The highest BCUT2D eigenvalue weighted by molar-refractivity contribution is 6.23. The number of carbonyl (C=O) groups excluding carboxylic acids is 1. The number of carbonyl (C=O) groups is 1. The molecule has 0 unspecified atom stereocenters. The Kier molecular flexibility index (Phi) is 17.1. The fourth-order valence-corrected chi connectivity index (χ4v) is 16.5. The highest BCUT2D eigenvalue weighted by atomic mass is 16.1. The first-order chi connectivity index (χ1) is 54.7. The number of anilines is 12. The molecule has 0 saturated heterocycles. The molecule has 1 aliphatic carbocycles. The molecular formula is C105H82N6O. The van der Waals surface area contributed by atoms with E-state index in [-0.39, 0.29) is 5.78 Å². The lowest BCUT2D eigenvalue weighted by Crippen LogP contribution is -2.10. The lowest BCUT2D eigenvalue weighted by atomic mass is 9.98. The maximum atomic E-state index is 15.0. The Labute approximate surface area is 654 Å². The number of hydrogen-bond acceptors (Lipinski definition) is 5. The van der Waals surface area contributed by atoms with Gasteiger partial charge in [0.15, 0.2) is 5.78 Å². The molecule has 7 nitrogen and oxygen atoms in total. The number of nitrogens with zero attached hydrogens (tertiary/aromatic N) is 6. The molecule has 0 spiro atoms. The third kappa shape index (κ3) is 12.4. The van der Waals surface area contributed by atoms with Crippen LogP contribution in [0.15, 0.2) is 352 Å². The van der Waals surface area contributed by atoms with E-state index in [1.54, 1.807) is 0 Å². The van der Waals surface area contributed by atoms with Gasteiger partial charge in [0.05, 0.1) is 22.1 Å². The smallest absolute Gasteiger partial charge is 0.194 e. The summed E-state index contributed by atoms with van der Waals surface area (Å²) in [5.41, 5.74) is 36.5. The third-order valence-corrected chi connectivity index (χ3v) is 22.6. The highest BCUT2D eigenvalue weighted by Crippen LogP contribution is 2.48. The lowest BCUT2D eigenvalue weighted by molar-refractivity contribution is 0.104. The average molecular weight is 1440 g/mol. The van der Waals surface area contributed by atoms with Crippen molar-refractivity contribution in [3.63, 3.8) is 0 Å². The SMILES string of the molecule is Cc1ccc(N(c2ccc(C)cc2)c2ccc3c(c2)c2cc(N(c4ccc(C)cc4)c4ccc(C)cc4)ccc2n3-c2ccc(-c3ccc4c(c3)C(=O)c3cc(-c5ccc(-n6c7ccc(N(c8ccc(C)cc8)c8ccc(C)cc8)cc7c7cc(N(c8ccc(C)cc8)c8ccc(C)cc8)ccc76)cc5)ccc3-4)cc2)cc1. The zero-order chi connectivity index (χ0) is 76.0. The van der Waals surface area contributed by atoms with Gasteiger partial charge in [-0.05, 0) is 295 Å². The Bertz CT molecular complexity index is 5760. The van der Waals surface area contributed by atoms with E-state index in [2.05, 4.69) is 436 Å². The van der Waals surface area contributed by atoms with Crippen LogP contribution in [0.25, 0.3) is 88.4 Å². The minimum Gasteiger partial charge on any atom is -0.310 e. The summed E-state index contributed by atoms with van der Waals surface area (Å²) in [6.07, 6.45) is 0. The number of benzene rings is 16. The van der Waals surface area contributed by atoms with Crippen LogP contribution in [0.3, 0.4) is 0 Å². The molecule has 7 heteroatoms. The van der Waals surface area contributed by atoms with E-state index < -0.39 is 0 Å². The normalized spacial score (nSPS) is 11.8. The van der Waals surface area contributed by atoms with Crippen LogP contribution in [0, 0.1) is 55.4 Å². The summed E-state index contributed by atoms with van der Waals surface area (Å²) in [4.78, 5) is 24.4. The van der Waals surface area contributed by atoms with Crippen molar-refractivity contribution >= 4 is 118 Å². The standard InChI is InChI=1S/C105H82N6O/c1-67-9-31-79(32-10-67)106(80-33-11-68(2)12-34-80)89-51-57-101-95(63-89)96-64-90(107(81-35-13-69(3)14-36-81)82-37-15-70(4)16-38-82)52-58-102(96)110(101)87-47-25-75(26-48-87)77-29-55-93-94-56-30-78(62-100(94)105(112)99(93)61-77)76-27-49-88(50-28-76)111-103-59-53-91(108(83-39-17-71(5)18-40-83)84-41-19-72(6)20-42-84)65-97(103)98-66-92(54-60-104(98)111)109(85-43-21-73(7)22-44-85)86-45-23-74(8)24-46-86/h9-66H,1-8H3. The highest BCUT2D eigenvalue weighted by Gasteiger charge is 2.29. The summed E-state index contributed by atoms with van der Waals surface area (Å²) >= 11 is 0. The van der Waals surface area contributed by atoms with E-state index in [0.29, 0.717) is 11.1 Å². The van der Waals surface area contributed by atoms with Gasteiger partial charge in [-0.2, -0.15) is 0 Å². The molecule has 0 fully saturated rings. The van der Waals surface area contributed by atoms with Gasteiger partial charge in [-0.1, -0.05) is 190 Å².